The Morgan fingerprint density at radius 3 is 2.72 bits per heavy atom. The number of anilines is 1. The highest BCUT2D eigenvalue weighted by Gasteiger charge is 2.25. The van der Waals surface area contributed by atoms with Crippen LogP contribution in [0.4, 0.5) is 5.69 Å². The third kappa shape index (κ3) is 4.03. The second kappa shape index (κ2) is 8.26. The van der Waals surface area contributed by atoms with Crippen LogP contribution in [0.15, 0.2) is 54.7 Å². The fourth-order valence-electron chi connectivity index (χ4n) is 3.22. The van der Waals surface area contributed by atoms with Crippen LogP contribution in [0, 0.1) is 5.92 Å². The SMILES string of the molecule is CCOC(=O)c1cc(-c2cccc(NC(=O)C3CCC3)c2)n(-c2ccccn2)n1. The van der Waals surface area contributed by atoms with Crippen LogP contribution in [0.1, 0.15) is 36.7 Å². The Kier molecular flexibility index (Phi) is 5.37. The molecule has 2 aromatic heterocycles. The first kappa shape index (κ1) is 18.9. The molecule has 1 amide bonds. The largest absolute Gasteiger partial charge is 0.461 e. The van der Waals surface area contributed by atoms with Gasteiger partial charge in [-0.2, -0.15) is 5.10 Å². The lowest BCUT2D eigenvalue weighted by Gasteiger charge is -2.24. The molecule has 7 heteroatoms. The number of ether oxygens (including phenoxy) is 1. The van der Waals surface area contributed by atoms with Gasteiger partial charge < -0.3 is 10.1 Å². The van der Waals surface area contributed by atoms with Gasteiger partial charge in [-0.05, 0) is 50.1 Å². The molecule has 2 heterocycles. The van der Waals surface area contributed by atoms with Crippen molar-refractivity contribution < 1.29 is 14.3 Å². The van der Waals surface area contributed by atoms with Gasteiger partial charge in [-0.1, -0.05) is 24.6 Å². The van der Waals surface area contributed by atoms with Crippen LogP contribution in [-0.2, 0) is 9.53 Å². The minimum atomic E-state index is -0.488. The van der Waals surface area contributed by atoms with E-state index >= 15 is 0 Å². The molecule has 0 radical (unpaired) electrons. The number of carbonyl (C=O) groups excluding carboxylic acids is 2. The quantitative estimate of drug-likeness (QED) is 0.646. The molecule has 0 saturated heterocycles. The van der Waals surface area contributed by atoms with E-state index < -0.39 is 5.97 Å². The highest BCUT2D eigenvalue weighted by Crippen LogP contribution is 2.29. The van der Waals surface area contributed by atoms with Crippen LogP contribution in [0.2, 0.25) is 0 Å². The molecule has 3 aromatic rings. The van der Waals surface area contributed by atoms with Crippen LogP contribution in [0.3, 0.4) is 0 Å². The van der Waals surface area contributed by atoms with Gasteiger partial charge in [-0.3, -0.25) is 4.79 Å². The summed E-state index contributed by atoms with van der Waals surface area (Å²) in [6.07, 6.45) is 4.67. The molecule has 0 unspecified atom stereocenters. The predicted octanol–water partition coefficient (Wildman–Crippen LogP) is 3.85. The van der Waals surface area contributed by atoms with Crippen molar-refractivity contribution >= 4 is 17.6 Å². The number of hydrogen-bond donors (Lipinski definition) is 1. The molecule has 1 aliphatic carbocycles. The highest BCUT2D eigenvalue weighted by molar-refractivity contribution is 5.94. The average molecular weight is 390 g/mol. The fourth-order valence-corrected chi connectivity index (χ4v) is 3.22. The zero-order chi connectivity index (χ0) is 20.2. The van der Waals surface area contributed by atoms with E-state index in [9.17, 15) is 9.59 Å². The summed E-state index contributed by atoms with van der Waals surface area (Å²) in [7, 11) is 0. The maximum atomic E-state index is 12.3. The molecule has 0 aliphatic heterocycles. The molecule has 29 heavy (non-hydrogen) atoms. The number of pyridine rings is 1. The van der Waals surface area contributed by atoms with Crippen LogP contribution >= 0.6 is 0 Å². The number of rotatable bonds is 6. The first-order chi connectivity index (χ1) is 14.2. The van der Waals surface area contributed by atoms with Crippen molar-refractivity contribution in [1.82, 2.24) is 14.8 Å². The molecule has 148 valence electrons. The lowest BCUT2D eigenvalue weighted by atomic mass is 9.85. The summed E-state index contributed by atoms with van der Waals surface area (Å²) in [6.45, 7) is 2.02. The van der Waals surface area contributed by atoms with Crippen LogP contribution in [-0.4, -0.2) is 33.2 Å². The normalized spacial score (nSPS) is 13.6. The Morgan fingerprint density at radius 2 is 2.03 bits per heavy atom. The van der Waals surface area contributed by atoms with E-state index in [1.54, 1.807) is 23.9 Å². The van der Waals surface area contributed by atoms with Gasteiger partial charge >= 0.3 is 5.97 Å². The minimum Gasteiger partial charge on any atom is -0.461 e. The van der Waals surface area contributed by atoms with Gasteiger partial charge in [0.15, 0.2) is 11.5 Å². The summed E-state index contributed by atoms with van der Waals surface area (Å²) >= 11 is 0. The van der Waals surface area contributed by atoms with E-state index in [1.807, 2.05) is 42.5 Å². The van der Waals surface area contributed by atoms with Gasteiger partial charge in [0.25, 0.3) is 0 Å². The third-order valence-corrected chi connectivity index (χ3v) is 4.96. The first-order valence-electron chi connectivity index (χ1n) is 9.75. The minimum absolute atomic E-state index is 0.0545. The van der Waals surface area contributed by atoms with Crippen LogP contribution < -0.4 is 5.32 Å². The maximum Gasteiger partial charge on any atom is 0.358 e. The molecule has 1 saturated carbocycles. The fraction of sp³-hybridized carbons (Fsp3) is 0.273. The maximum absolute atomic E-state index is 12.3. The van der Waals surface area contributed by atoms with Crippen molar-refractivity contribution in [2.45, 2.75) is 26.2 Å². The summed E-state index contributed by atoms with van der Waals surface area (Å²) < 4.78 is 6.71. The van der Waals surface area contributed by atoms with Crippen molar-refractivity contribution in [3.05, 3.63) is 60.4 Å². The van der Waals surface area contributed by atoms with Crippen molar-refractivity contribution in [1.29, 1.82) is 0 Å². The molecule has 0 bridgehead atoms. The number of esters is 1. The number of carbonyl (C=O) groups is 2. The molecule has 4 rings (SSSR count). The van der Waals surface area contributed by atoms with E-state index in [1.165, 1.54) is 0 Å². The van der Waals surface area contributed by atoms with Gasteiger partial charge in [-0.25, -0.2) is 14.5 Å². The molecule has 1 fully saturated rings. The van der Waals surface area contributed by atoms with Crippen molar-refractivity contribution in [2.24, 2.45) is 5.92 Å². The van der Waals surface area contributed by atoms with Crippen LogP contribution in [0.25, 0.3) is 17.1 Å². The topological polar surface area (TPSA) is 86.1 Å². The van der Waals surface area contributed by atoms with E-state index in [0.717, 1.165) is 24.8 Å². The molecule has 7 nitrogen and oxygen atoms in total. The molecular formula is C22H22N4O3. The lowest BCUT2D eigenvalue weighted by Crippen LogP contribution is -2.27. The van der Waals surface area contributed by atoms with Gasteiger partial charge in [0.1, 0.15) is 0 Å². The number of nitrogens with zero attached hydrogens (tertiary/aromatic N) is 3. The summed E-state index contributed by atoms with van der Waals surface area (Å²) in [5.74, 6) is 0.256. The second-order valence-corrected chi connectivity index (χ2v) is 6.93. The number of aromatic nitrogens is 3. The Bertz CT molecular complexity index is 1030. The van der Waals surface area contributed by atoms with E-state index in [2.05, 4.69) is 15.4 Å². The number of nitrogens with one attached hydrogen (secondary N) is 1. The Hall–Kier alpha value is -3.48. The van der Waals surface area contributed by atoms with Gasteiger partial charge in [0.2, 0.25) is 5.91 Å². The second-order valence-electron chi connectivity index (χ2n) is 6.93. The number of amides is 1. The Labute approximate surface area is 168 Å². The summed E-state index contributed by atoms with van der Waals surface area (Å²) in [6, 6.07) is 14.7. The standard InChI is InChI=1S/C22H22N4O3/c1-2-29-22(28)18-14-19(26(25-18)20-11-3-4-12-23-20)16-9-6-10-17(13-16)24-21(27)15-7-5-8-15/h3-4,6,9-15H,2,5,7-8H2,1H3,(H,24,27). The summed E-state index contributed by atoms with van der Waals surface area (Å²) in [5, 5.41) is 7.40. The first-order valence-corrected chi connectivity index (χ1v) is 9.75. The van der Waals surface area contributed by atoms with Crippen LogP contribution in [0.5, 0.6) is 0 Å². The highest BCUT2D eigenvalue weighted by atomic mass is 16.5. The summed E-state index contributed by atoms with van der Waals surface area (Å²) in [5.41, 5.74) is 2.42. The molecule has 1 aromatic carbocycles. The van der Waals surface area contributed by atoms with Gasteiger partial charge in [0.05, 0.1) is 12.3 Å². The zero-order valence-corrected chi connectivity index (χ0v) is 16.2. The zero-order valence-electron chi connectivity index (χ0n) is 16.2. The molecule has 0 atom stereocenters. The van der Waals surface area contributed by atoms with Crippen molar-refractivity contribution in [3.8, 4) is 17.1 Å². The van der Waals surface area contributed by atoms with E-state index in [0.29, 0.717) is 17.2 Å². The lowest BCUT2D eigenvalue weighted by molar-refractivity contribution is -0.122. The van der Waals surface area contributed by atoms with Gasteiger partial charge in [0, 0.05) is 23.4 Å². The van der Waals surface area contributed by atoms with E-state index in [-0.39, 0.29) is 24.1 Å². The smallest absolute Gasteiger partial charge is 0.358 e. The molecule has 1 N–H and O–H groups in total. The van der Waals surface area contributed by atoms with Crippen molar-refractivity contribution in [3.63, 3.8) is 0 Å². The Morgan fingerprint density at radius 1 is 1.17 bits per heavy atom. The van der Waals surface area contributed by atoms with E-state index in [4.69, 9.17) is 4.74 Å². The number of hydrogen-bond acceptors (Lipinski definition) is 5. The molecule has 0 spiro atoms. The number of benzene rings is 1. The summed E-state index contributed by atoms with van der Waals surface area (Å²) in [4.78, 5) is 28.9. The Balaban J connectivity index is 1.70. The van der Waals surface area contributed by atoms with Gasteiger partial charge in [-0.15, -0.1) is 0 Å². The molecule has 1 aliphatic rings. The predicted molar refractivity (Wildman–Crippen MR) is 109 cm³/mol. The monoisotopic (exact) mass is 390 g/mol. The van der Waals surface area contributed by atoms with Crippen molar-refractivity contribution in [2.75, 3.05) is 11.9 Å². The third-order valence-electron chi connectivity index (χ3n) is 4.96. The average Bonchev–Trinajstić information content (AvgIpc) is 3.13. The molecular weight excluding hydrogens is 368 g/mol.